The predicted octanol–water partition coefficient (Wildman–Crippen LogP) is 2.98. The Bertz CT molecular complexity index is 1120. The Hall–Kier alpha value is -3.51. The molecule has 0 unspecified atom stereocenters. The van der Waals surface area contributed by atoms with Crippen LogP contribution in [0.1, 0.15) is 23.2 Å². The number of anilines is 1. The summed E-state index contributed by atoms with van der Waals surface area (Å²) in [4.78, 5) is 26.7. The van der Waals surface area contributed by atoms with Gasteiger partial charge in [-0.05, 0) is 25.0 Å². The number of hydrogen-bond donors (Lipinski definition) is 2. The molecule has 1 saturated heterocycles. The SMILES string of the molecule is N#CC1CN(C(=O)c2ccc(-c3nc(NC(C=NC4CC4)=CN)ncc3Cl)cc2F)C1. The van der Waals surface area contributed by atoms with Crippen LogP contribution in [0.4, 0.5) is 10.3 Å². The van der Waals surface area contributed by atoms with Crippen molar-refractivity contribution in [2.24, 2.45) is 16.6 Å². The maximum Gasteiger partial charge on any atom is 0.256 e. The van der Waals surface area contributed by atoms with Gasteiger partial charge in [0.15, 0.2) is 0 Å². The Morgan fingerprint density at radius 2 is 2.19 bits per heavy atom. The van der Waals surface area contributed by atoms with Gasteiger partial charge in [0, 0.05) is 31.1 Å². The molecule has 2 aromatic rings. The number of carbonyl (C=O) groups excluding carboxylic acids is 1. The summed E-state index contributed by atoms with van der Waals surface area (Å²) in [5.74, 6) is -1.11. The third-order valence-corrected chi connectivity index (χ3v) is 5.25. The van der Waals surface area contributed by atoms with Crippen molar-refractivity contribution in [2.75, 3.05) is 18.4 Å². The summed E-state index contributed by atoms with van der Waals surface area (Å²) in [6.45, 7) is 0.620. The highest BCUT2D eigenvalue weighted by molar-refractivity contribution is 6.32. The number of likely N-dealkylation sites (tertiary alicyclic amines) is 1. The lowest BCUT2D eigenvalue weighted by molar-refractivity contribution is 0.0572. The Morgan fingerprint density at radius 1 is 1.42 bits per heavy atom. The summed E-state index contributed by atoms with van der Waals surface area (Å²) in [5, 5.41) is 12.0. The van der Waals surface area contributed by atoms with Crippen molar-refractivity contribution < 1.29 is 9.18 Å². The Labute approximate surface area is 183 Å². The molecule has 2 heterocycles. The van der Waals surface area contributed by atoms with Crippen molar-refractivity contribution in [3.63, 3.8) is 0 Å². The number of aliphatic imine (C=N–C) groups is 1. The van der Waals surface area contributed by atoms with E-state index in [1.165, 1.54) is 29.4 Å². The van der Waals surface area contributed by atoms with Crippen LogP contribution in [0.25, 0.3) is 11.3 Å². The molecule has 1 aromatic carbocycles. The second kappa shape index (κ2) is 8.70. The summed E-state index contributed by atoms with van der Waals surface area (Å²) in [6.07, 6.45) is 6.52. The fourth-order valence-electron chi connectivity index (χ4n) is 3.02. The molecule has 2 fully saturated rings. The normalized spacial score (nSPS) is 16.8. The highest BCUT2D eigenvalue weighted by Crippen LogP contribution is 2.29. The zero-order valence-corrected chi connectivity index (χ0v) is 17.2. The number of halogens is 2. The number of hydrogen-bond acceptors (Lipinski definition) is 7. The molecule has 3 N–H and O–H groups in total. The third kappa shape index (κ3) is 4.64. The summed E-state index contributed by atoms with van der Waals surface area (Å²) in [7, 11) is 0. The highest BCUT2D eigenvalue weighted by Gasteiger charge is 2.32. The van der Waals surface area contributed by atoms with Gasteiger partial charge in [0.25, 0.3) is 5.91 Å². The average molecular weight is 440 g/mol. The van der Waals surface area contributed by atoms with E-state index >= 15 is 0 Å². The fraction of sp³-hybridized carbons (Fsp3) is 0.286. The monoisotopic (exact) mass is 439 g/mol. The van der Waals surface area contributed by atoms with Crippen molar-refractivity contribution in [1.82, 2.24) is 14.9 Å². The van der Waals surface area contributed by atoms with E-state index in [4.69, 9.17) is 22.6 Å². The number of rotatable bonds is 6. The minimum absolute atomic E-state index is 0.0618. The number of nitrogens with two attached hydrogens (primary N) is 1. The van der Waals surface area contributed by atoms with Gasteiger partial charge < -0.3 is 16.0 Å². The van der Waals surface area contributed by atoms with E-state index in [0.717, 1.165) is 12.8 Å². The lowest BCUT2D eigenvalue weighted by Crippen LogP contribution is -2.49. The van der Waals surface area contributed by atoms with Crippen LogP contribution in [0.3, 0.4) is 0 Å². The molecular weight excluding hydrogens is 421 g/mol. The smallest absolute Gasteiger partial charge is 0.256 e. The van der Waals surface area contributed by atoms with Crippen molar-refractivity contribution in [1.29, 1.82) is 5.26 Å². The maximum atomic E-state index is 14.7. The number of nitrogens with zero attached hydrogens (tertiary/aromatic N) is 5. The van der Waals surface area contributed by atoms with Crippen LogP contribution < -0.4 is 11.1 Å². The summed E-state index contributed by atoms with van der Waals surface area (Å²) >= 11 is 6.23. The molecule has 10 heteroatoms. The minimum Gasteiger partial charge on any atom is -0.403 e. The zero-order valence-electron chi connectivity index (χ0n) is 16.4. The molecule has 1 aromatic heterocycles. The molecule has 158 valence electrons. The van der Waals surface area contributed by atoms with E-state index in [1.54, 1.807) is 12.3 Å². The molecule has 1 aliphatic heterocycles. The molecule has 8 nitrogen and oxygen atoms in total. The zero-order chi connectivity index (χ0) is 22.0. The molecule has 0 spiro atoms. The van der Waals surface area contributed by atoms with E-state index < -0.39 is 11.7 Å². The van der Waals surface area contributed by atoms with Crippen molar-refractivity contribution in [2.45, 2.75) is 18.9 Å². The first kappa shape index (κ1) is 20.8. The van der Waals surface area contributed by atoms with E-state index in [9.17, 15) is 9.18 Å². The number of nitrogens with one attached hydrogen (secondary N) is 1. The van der Waals surface area contributed by atoms with Crippen LogP contribution in [0.5, 0.6) is 0 Å². The molecule has 4 rings (SSSR count). The van der Waals surface area contributed by atoms with E-state index in [1.807, 2.05) is 0 Å². The van der Waals surface area contributed by atoms with Crippen molar-refractivity contribution >= 4 is 29.7 Å². The maximum absolute atomic E-state index is 14.7. The predicted molar refractivity (Wildman–Crippen MR) is 115 cm³/mol. The second-order valence-electron chi connectivity index (χ2n) is 7.38. The number of amides is 1. The van der Waals surface area contributed by atoms with Gasteiger partial charge in [-0.2, -0.15) is 5.26 Å². The Balaban J connectivity index is 1.53. The van der Waals surface area contributed by atoms with Crippen LogP contribution in [-0.4, -0.2) is 46.1 Å². The van der Waals surface area contributed by atoms with Gasteiger partial charge >= 0.3 is 0 Å². The first-order chi connectivity index (χ1) is 15.0. The first-order valence-electron chi connectivity index (χ1n) is 9.72. The van der Waals surface area contributed by atoms with Gasteiger partial charge in [0.1, 0.15) is 5.82 Å². The lowest BCUT2D eigenvalue weighted by Gasteiger charge is -2.35. The number of aromatic nitrogens is 2. The van der Waals surface area contributed by atoms with Gasteiger partial charge in [0.2, 0.25) is 5.95 Å². The van der Waals surface area contributed by atoms with Gasteiger partial charge in [-0.1, -0.05) is 17.7 Å². The fourth-order valence-corrected chi connectivity index (χ4v) is 3.22. The standard InChI is InChI=1S/C21H19ClFN7O/c22-17-9-27-21(28-15(7-25)8-26-14-2-3-14)29-19(17)13-1-4-16(18(23)5-13)20(31)30-10-12(6-24)11-30/h1,4-5,7-9,12,14H,2-3,10-11,25H2,(H,27,28,29). The second-order valence-corrected chi connectivity index (χ2v) is 7.78. The molecule has 2 aliphatic rings. The Morgan fingerprint density at radius 3 is 2.84 bits per heavy atom. The van der Waals surface area contributed by atoms with Crippen LogP contribution in [0.2, 0.25) is 5.02 Å². The molecule has 31 heavy (non-hydrogen) atoms. The van der Waals surface area contributed by atoms with Gasteiger partial charge in [0.05, 0.1) is 46.2 Å². The number of carbonyl (C=O) groups is 1. The van der Waals surface area contributed by atoms with Crippen LogP contribution >= 0.6 is 11.6 Å². The first-order valence-corrected chi connectivity index (χ1v) is 10.1. The molecule has 1 amide bonds. The topological polar surface area (TPSA) is 120 Å². The molecule has 1 saturated carbocycles. The quantitative estimate of drug-likeness (QED) is 0.667. The third-order valence-electron chi connectivity index (χ3n) is 4.98. The largest absolute Gasteiger partial charge is 0.403 e. The molecule has 0 atom stereocenters. The number of nitriles is 1. The molecule has 1 aliphatic carbocycles. The van der Waals surface area contributed by atoms with E-state index in [0.29, 0.717) is 36.1 Å². The number of allylic oxidation sites excluding steroid dienone is 1. The van der Waals surface area contributed by atoms with Crippen LogP contribution in [0.15, 0.2) is 41.3 Å². The van der Waals surface area contributed by atoms with Crippen LogP contribution in [-0.2, 0) is 0 Å². The van der Waals surface area contributed by atoms with Gasteiger partial charge in [-0.25, -0.2) is 14.4 Å². The highest BCUT2D eigenvalue weighted by atomic mass is 35.5. The van der Waals surface area contributed by atoms with E-state index in [2.05, 4.69) is 26.3 Å². The van der Waals surface area contributed by atoms with Gasteiger partial charge in [-0.15, -0.1) is 0 Å². The van der Waals surface area contributed by atoms with Crippen LogP contribution in [0, 0.1) is 23.1 Å². The number of benzene rings is 1. The molecular formula is C21H19ClFN7O. The average Bonchev–Trinajstić information content (AvgIpc) is 3.56. The van der Waals surface area contributed by atoms with Gasteiger partial charge in [-0.3, -0.25) is 9.79 Å². The summed E-state index contributed by atoms with van der Waals surface area (Å²) < 4.78 is 14.7. The Kier molecular flexibility index (Phi) is 5.82. The molecule has 0 bridgehead atoms. The summed E-state index contributed by atoms with van der Waals surface area (Å²) in [5.41, 5.74) is 6.80. The summed E-state index contributed by atoms with van der Waals surface area (Å²) in [6, 6.07) is 6.60. The van der Waals surface area contributed by atoms with Crippen molar-refractivity contribution in [3.05, 3.63) is 52.7 Å². The lowest BCUT2D eigenvalue weighted by atomic mass is 10.00. The molecule has 0 radical (unpaired) electrons. The minimum atomic E-state index is -0.689. The van der Waals surface area contributed by atoms with Crippen molar-refractivity contribution in [3.8, 4) is 17.3 Å². The van der Waals surface area contributed by atoms with E-state index in [-0.39, 0.29) is 22.5 Å².